The third kappa shape index (κ3) is 2.09. The summed E-state index contributed by atoms with van der Waals surface area (Å²) in [5, 5.41) is 9.74. The molecule has 0 bridgehead atoms. The van der Waals surface area contributed by atoms with E-state index < -0.39 is 5.97 Å². The number of nitrogens with zero attached hydrogens (tertiary/aromatic N) is 1. The Labute approximate surface area is 114 Å². The van der Waals surface area contributed by atoms with Crippen molar-refractivity contribution in [2.24, 2.45) is 0 Å². The summed E-state index contributed by atoms with van der Waals surface area (Å²) in [5.74, 6) is 0.341. The van der Waals surface area contributed by atoms with E-state index in [0.717, 1.165) is 22.3 Å². The summed E-state index contributed by atoms with van der Waals surface area (Å²) in [6.07, 6.45) is 1.48. The lowest BCUT2D eigenvalue weighted by atomic mass is 10.2. The van der Waals surface area contributed by atoms with Crippen molar-refractivity contribution in [1.82, 2.24) is 4.98 Å². The van der Waals surface area contributed by atoms with Crippen LogP contribution in [-0.2, 0) is 0 Å². The van der Waals surface area contributed by atoms with Crippen molar-refractivity contribution >= 4 is 16.9 Å². The van der Waals surface area contributed by atoms with Gasteiger partial charge in [0.05, 0.1) is 7.11 Å². The van der Waals surface area contributed by atoms with E-state index in [2.05, 4.69) is 4.98 Å². The summed E-state index contributed by atoms with van der Waals surface area (Å²) in [7, 11) is 1.61. The van der Waals surface area contributed by atoms with Gasteiger partial charge in [-0.3, -0.25) is 0 Å². The van der Waals surface area contributed by atoms with Crippen LogP contribution in [0, 0.1) is 0 Å². The second kappa shape index (κ2) is 4.70. The molecule has 3 rings (SSSR count). The normalized spacial score (nSPS) is 10.7. The van der Waals surface area contributed by atoms with E-state index in [-0.39, 0.29) is 5.69 Å². The molecule has 0 aliphatic carbocycles. The van der Waals surface area contributed by atoms with Gasteiger partial charge in [-0.25, -0.2) is 9.78 Å². The van der Waals surface area contributed by atoms with Gasteiger partial charge in [-0.05, 0) is 36.4 Å². The predicted octanol–water partition coefficient (Wildman–Crippen LogP) is 3.20. The molecule has 1 N–H and O–H groups in total. The molecule has 0 spiro atoms. The molecule has 0 unspecified atom stereocenters. The highest BCUT2D eigenvalue weighted by Gasteiger charge is 2.09. The molecule has 3 aromatic rings. The average Bonchev–Trinajstić information content (AvgIpc) is 2.90. The van der Waals surface area contributed by atoms with Crippen molar-refractivity contribution in [3.05, 3.63) is 48.3 Å². The number of pyridine rings is 1. The Hall–Kier alpha value is -2.82. The number of rotatable bonds is 3. The van der Waals surface area contributed by atoms with E-state index in [4.69, 9.17) is 14.3 Å². The van der Waals surface area contributed by atoms with Crippen molar-refractivity contribution in [1.29, 1.82) is 0 Å². The van der Waals surface area contributed by atoms with Crippen molar-refractivity contribution < 1.29 is 19.1 Å². The Balaban J connectivity index is 2.03. The Morgan fingerprint density at radius 2 is 2.10 bits per heavy atom. The summed E-state index contributed by atoms with van der Waals surface area (Å²) < 4.78 is 10.9. The first kappa shape index (κ1) is 12.2. The summed E-state index contributed by atoms with van der Waals surface area (Å²) in [6, 6.07) is 10.5. The number of carbonyl (C=O) groups is 1. The molecule has 0 amide bonds. The standard InChI is InChI=1S/C15H11NO4/c1-19-11-3-5-13-10(6-11)7-14(20-13)9-2-4-12(15(17)18)16-8-9/h2-8H,1H3,(H,17,18). The van der Waals surface area contributed by atoms with Gasteiger partial charge in [0.15, 0.2) is 0 Å². The number of aromatic carboxylic acids is 1. The monoisotopic (exact) mass is 269 g/mol. The van der Waals surface area contributed by atoms with Crippen LogP contribution in [-0.4, -0.2) is 23.2 Å². The van der Waals surface area contributed by atoms with Gasteiger partial charge in [0, 0.05) is 17.1 Å². The minimum Gasteiger partial charge on any atom is -0.497 e. The highest BCUT2D eigenvalue weighted by Crippen LogP contribution is 2.29. The molecule has 5 heteroatoms. The largest absolute Gasteiger partial charge is 0.497 e. The number of hydrogen-bond acceptors (Lipinski definition) is 4. The van der Waals surface area contributed by atoms with Gasteiger partial charge in [-0.15, -0.1) is 0 Å². The molecule has 0 fully saturated rings. The number of methoxy groups -OCH3 is 1. The van der Waals surface area contributed by atoms with Crippen molar-refractivity contribution in [2.75, 3.05) is 7.11 Å². The number of carboxylic acid groups (broad SMARTS) is 1. The molecule has 100 valence electrons. The zero-order valence-electron chi connectivity index (χ0n) is 10.7. The fourth-order valence-corrected chi connectivity index (χ4v) is 1.96. The van der Waals surface area contributed by atoms with E-state index >= 15 is 0 Å². The second-order valence-electron chi connectivity index (χ2n) is 4.25. The third-order valence-electron chi connectivity index (χ3n) is 2.99. The van der Waals surface area contributed by atoms with E-state index in [1.807, 2.05) is 24.3 Å². The van der Waals surface area contributed by atoms with Gasteiger partial charge in [-0.2, -0.15) is 0 Å². The molecule has 0 aliphatic rings. The molecule has 20 heavy (non-hydrogen) atoms. The van der Waals surface area contributed by atoms with Gasteiger partial charge in [0.25, 0.3) is 0 Å². The maximum Gasteiger partial charge on any atom is 0.354 e. The van der Waals surface area contributed by atoms with Crippen LogP contribution in [0.4, 0.5) is 0 Å². The average molecular weight is 269 g/mol. The topological polar surface area (TPSA) is 72.6 Å². The Morgan fingerprint density at radius 1 is 1.25 bits per heavy atom. The van der Waals surface area contributed by atoms with Crippen molar-refractivity contribution in [3.8, 4) is 17.1 Å². The molecule has 2 aromatic heterocycles. The zero-order chi connectivity index (χ0) is 14.1. The fourth-order valence-electron chi connectivity index (χ4n) is 1.96. The van der Waals surface area contributed by atoms with Crippen LogP contribution < -0.4 is 4.74 Å². The van der Waals surface area contributed by atoms with Gasteiger partial charge in [0.2, 0.25) is 0 Å². The van der Waals surface area contributed by atoms with E-state index in [0.29, 0.717) is 5.76 Å². The number of hydrogen-bond donors (Lipinski definition) is 1. The SMILES string of the molecule is COc1ccc2oc(-c3ccc(C(=O)O)nc3)cc2c1. The lowest BCUT2D eigenvalue weighted by Gasteiger charge is -1.97. The molecule has 1 aromatic carbocycles. The minimum absolute atomic E-state index is 0.00605. The lowest BCUT2D eigenvalue weighted by molar-refractivity contribution is 0.0690. The number of furan rings is 1. The van der Waals surface area contributed by atoms with E-state index in [9.17, 15) is 4.79 Å². The lowest BCUT2D eigenvalue weighted by Crippen LogP contribution is -1.98. The predicted molar refractivity (Wildman–Crippen MR) is 73.0 cm³/mol. The van der Waals surface area contributed by atoms with Crippen LogP contribution in [0.2, 0.25) is 0 Å². The highest BCUT2D eigenvalue weighted by atomic mass is 16.5. The Morgan fingerprint density at radius 3 is 2.75 bits per heavy atom. The first-order valence-electron chi connectivity index (χ1n) is 5.94. The zero-order valence-corrected chi connectivity index (χ0v) is 10.7. The molecule has 5 nitrogen and oxygen atoms in total. The number of fused-ring (bicyclic) bond motifs is 1. The maximum absolute atomic E-state index is 10.8. The molecule has 0 radical (unpaired) electrons. The second-order valence-corrected chi connectivity index (χ2v) is 4.25. The van der Waals surface area contributed by atoms with Crippen LogP contribution in [0.3, 0.4) is 0 Å². The first-order chi connectivity index (χ1) is 9.67. The molecular weight excluding hydrogens is 258 g/mol. The number of carboxylic acids is 1. The van der Waals surface area contributed by atoms with E-state index in [1.54, 1.807) is 13.2 Å². The minimum atomic E-state index is -1.05. The van der Waals surface area contributed by atoms with Crippen molar-refractivity contribution in [2.45, 2.75) is 0 Å². The third-order valence-corrected chi connectivity index (χ3v) is 2.99. The highest BCUT2D eigenvalue weighted by molar-refractivity contribution is 5.86. The van der Waals surface area contributed by atoms with Crippen LogP contribution in [0.1, 0.15) is 10.5 Å². The first-order valence-corrected chi connectivity index (χ1v) is 5.94. The fraction of sp³-hybridized carbons (Fsp3) is 0.0667. The molecule has 0 saturated carbocycles. The van der Waals surface area contributed by atoms with Crippen LogP contribution in [0.25, 0.3) is 22.3 Å². The molecule has 0 aliphatic heterocycles. The van der Waals surface area contributed by atoms with E-state index in [1.165, 1.54) is 12.3 Å². The van der Waals surface area contributed by atoms with Gasteiger partial charge in [-0.1, -0.05) is 0 Å². The number of ether oxygens (including phenoxy) is 1. The number of benzene rings is 1. The van der Waals surface area contributed by atoms with Gasteiger partial charge >= 0.3 is 5.97 Å². The molecule has 0 atom stereocenters. The summed E-state index contributed by atoms with van der Waals surface area (Å²) in [4.78, 5) is 14.6. The summed E-state index contributed by atoms with van der Waals surface area (Å²) >= 11 is 0. The van der Waals surface area contributed by atoms with Gasteiger partial charge < -0.3 is 14.3 Å². The number of aromatic nitrogens is 1. The van der Waals surface area contributed by atoms with Crippen LogP contribution >= 0.6 is 0 Å². The summed E-state index contributed by atoms with van der Waals surface area (Å²) in [5.41, 5.74) is 1.47. The van der Waals surface area contributed by atoms with Crippen LogP contribution in [0.5, 0.6) is 5.75 Å². The van der Waals surface area contributed by atoms with Gasteiger partial charge in [0.1, 0.15) is 22.8 Å². The smallest absolute Gasteiger partial charge is 0.354 e. The molecule has 2 heterocycles. The molecular formula is C15H11NO4. The maximum atomic E-state index is 10.8. The Kier molecular flexibility index (Phi) is 2.87. The summed E-state index contributed by atoms with van der Waals surface area (Å²) in [6.45, 7) is 0. The molecule has 0 saturated heterocycles. The van der Waals surface area contributed by atoms with Crippen molar-refractivity contribution in [3.63, 3.8) is 0 Å². The van der Waals surface area contributed by atoms with Crippen LogP contribution in [0.15, 0.2) is 47.0 Å². The Bertz CT molecular complexity index is 774. The quantitative estimate of drug-likeness (QED) is 0.790.